The number of halogens is 3. The van der Waals surface area contributed by atoms with Crippen LogP contribution in [-0.4, -0.2) is 4.57 Å². The molecule has 0 spiro atoms. The van der Waals surface area contributed by atoms with Crippen molar-refractivity contribution in [3.8, 4) is 28.8 Å². The minimum atomic E-state index is -4.85. The zero-order valence-corrected chi connectivity index (χ0v) is 21.9. The summed E-state index contributed by atoms with van der Waals surface area (Å²) in [6.07, 6.45) is -1.81. The summed E-state index contributed by atoms with van der Waals surface area (Å²) in [6, 6.07) is 18.7. The zero-order valence-electron chi connectivity index (χ0n) is 21.9. The SMILES string of the molecule is Cc1ccc(Cn2c(-c3ccc(Oc4ccc(C)c5c4CCC5)cc3)cc(C(F)(F)F)c(C#N)c2=O)c(C)c1. The van der Waals surface area contributed by atoms with E-state index in [-0.39, 0.29) is 12.2 Å². The van der Waals surface area contributed by atoms with Crippen LogP contribution in [0.2, 0.25) is 0 Å². The molecule has 1 aliphatic rings. The van der Waals surface area contributed by atoms with E-state index in [0.29, 0.717) is 11.3 Å². The second kappa shape index (κ2) is 10.1. The topological polar surface area (TPSA) is 55.0 Å². The van der Waals surface area contributed by atoms with Gasteiger partial charge in [-0.1, -0.05) is 29.8 Å². The van der Waals surface area contributed by atoms with Crippen molar-refractivity contribution >= 4 is 0 Å². The fraction of sp³-hybridized carbons (Fsp3) is 0.250. The van der Waals surface area contributed by atoms with Gasteiger partial charge in [-0.15, -0.1) is 0 Å². The maximum Gasteiger partial charge on any atom is 0.417 e. The third kappa shape index (κ3) is 5.07. The first kappa shape index (κ1) is 26.3. The van der Waals surface area contributed by atoms with Crippen LogP contribution in [0.5, 0.6) is 11.5 Å². The molecule has 0 saturated heterocycles. The highest BCUT2D eigenvalue weighted by molar-refractivity contribution is 5.64. The van der Waals surface area contributed by atoms with E-state index in [2.05, 4.69) is 6.92 Å². The number of nitriles is 1. The Kier molecular flexibility index (Phi) is 6.82. The van der Waals surface area contributed by atoms with Crippen LogP contribution >= 0.6 is 0 Å². The molecule has 0 bridgehead atoms. The first-order chi connectivity index (χ1) is 18.6. The number of fused-ring (bicyclic) bond motifs is 1. The van der Waals surface area contributed by atoms with Crippen LogP contribution in [0, 0.1) is 32.1 Å². The highest BCUT2D eigenvalue weighted by Crippen LogP contribution is 2.37. The van der Waals surface area contributed by atoms with E-state index in [1.807, 2.05) is 44.2 Å². The van der Waals surface area contributed by atoms with Gasteiger partial charge in [-0.2, -0.15) is 18.4 Å². The number of nitrogens with zero attached hydrogens (tertiary/aromatic N) is 2. The van der Waals surface area contributed by atoms with Gasteiger partial charge >= 0.3 is 6.18 Å². The van der Waals surface area contributed by atoms with Crippen LogP contribution in [0.4, 0.5) is 13.2 Å². The van der Waals surface area contributed by atoms with Crippen molar-refractivity contribution in [2.24, 2.45) is 0 Å². The Labute approximate surface area is 224 Å². The second-order valence-electron chi connectivity index (χ2n) is 10.1. The highest BCUT2D eigenvalue weighted by Gasteiger charge is 2.36. The van der Waals surface area contributed by atoms with Crippen LogP contribution in [0.25, 0.3) is 11.3 Å². The molecule has 0 unspecified atom stereocenters. The first-order valence-electron chi connectivity index (χ1n) is 12.8. The molecule has 4 nitrogen and oxygen atoms in total. The van der Waals surface area contributed by atoms with Crippen LogP contribution in [0.1, 0.15) is 50.9 Å². The zero-order chi connectivity index (χ0) is 27.9. The molecule has 5 rings (SSSR count). The number of hydrogen-bond acceptors (Lipinski definition) is 3. The van der Waals surface area contributed by atoms with Gasteiger partial charge in [0.2, 0.25) is 0 Å². The molecular weight excluding hydrogens is 501 g/mol. The Balaban J connectivity index is 1.58. The molecule has 0 amide bonds. The van der Waals surface area contributed by atoms with Crippen molar-refractivity contribution in [2.45, 2.75) is 52.8 Å². The largest absolute Gasteiger partial charge is 0.457 e. The lowest BCUT2D eigenvalue weighted by molar-refractivity contribution is -0.137. The summed E-state index contributed by atoms with van der Waals surface area (Å²) in [5, 5.41) is 9.49. The predicted molar refractivity (Wildman–Crippen MR) is 144 cm³/mol. The molecule has 3 aromatic carbocycles. The van der Waals surface area contributed by atoms with Crippen molar-refractivity contribution in [3.63, 3.8) is 0 Å². The Morgan fingerprint density at radius 1 is 0.923 bits per heavy atom. The molecule has 0 aliphatic heterocycles. The van der Waals surface area contributed by atoms with Gasteiger partial charge in [-0.3, -0.25) is 4.79 Å². The molecule has 0 atom stereocenters. The number of alkyl halides is 3. The average molecular weight is 529 g/mol. The molecule has 0 N–H and O–H groups in total. The van der Waals surface area contributed by atoms with Gasteiger partial charge in [0, 0.05) is 0 Å². The number of aromatic nitrogens is 1. The van der Waals surface area contributed by atoms with Gasteiger partial charge in [0.15, 0.2) is 0 Å². The summed E-state index contributed by atoms with van der Waals surface area (Å²) < 4.78 is 49.1. The lowest BCUT2D eigenvalue weighted by atomic mass is 10.0. The maximum atomic E-state index is 13.9. The number of pyridine rings is 1. The lowest BCUT2D eigenvalue weighted by Gasteiger charge is -2.19. The molecule has 0 radical (unpaired) electrons. The molecule has 0 saturated carbocycles. The lowest BCUT2D eigenvalue weighted by Crippen LogP contribution is -2.29. The Hall–Kier alpha value is -4.31. The number of ether oxygens (including phenoxy) is 1. The van der Waals surface area contributed by atoms with Gasteiger partial charge in [0.1, 0.15) is 23.1 Å². The second-order valence-corrected chi connectivity index (χ2v) is 10.1. The molecule has 198 valence electrons. The summed E-state index contributed by atoms with van der Waals surface area (Å²) in [6.45, 7) is 5.94. The van der Waals surface area contributed by atoms with Gasteiger partial charge < -0.3 is 9.30 Å². The fourth-order valence-corrected chi connectivity index (χ4v) is 5.34. The van der Waals surface area contributed by atoms with Gasteiger partial charge in [-0.05, 0) is 110 Å². The minimum Gasteiger partial charge on any atom is -0.457 e. The Bertz CT molecular complexity index is 1680. The smallest absolute Gasteiger partial charge is 0.417 e. The van der Waals surface area contributed by atoms with Crippen LogP contribution in [0.3, 0.4) is 0 Å². The van der Waals surface area contributed by atoms with E-state index in [9.17, 15) is 23.2 Å². The standard InChI is InChI=1S/C32H27F3N2O2/c1-19-7-9-23(21(3)15-19)18-37-29(16-28(32(33,34)35)27(17-36)31(37)38)22-10-12-24(13-11-22)39-30-14-8-20(2)25-5-4-6-26(25)30/h7-16H,4-6,18H2,1-3H3. The Morgan fingerprint density at radius 3 is 2.31 bits per heavy atom. The van der Waals surface area contributed by atoms with Gasteiger partial charge in [0.25, 0.3) is 5.56 Å². The first-order valence-corrected chi connectivity index (χ1v) is 12.8. The molecular formula is C32H27F3N2O2. The van der Waals surface area contributed by atoms with Gasteiger partial charge in [-0.25, -0.2) is 0 Å². The van der Waals surface area contributed by atoms with E-state index in [4.69, 9.17) is 4.74 Å². The van der Waals surface area contributed by atoms with Crippen LogP contribution in [-0.2, 0) is 25.6 Å². The van der Waals surface area contributed by atoms with Crippen molar-refractivity contribution in [2.75, 3.05) is 0 Å². The van der Waals surface area contributed by atoms with Crippen LogP contribution in [0.15, 0.2) is 65.5 Å². The molecule has 7 heteroatoms. The van der Waals surface area contributed by atoms with E-state index in [1.165, 1.54) is 27.3 Å². The quantitative estimate of drug-likeness (QED) is 0.267. The number of aryl methyl sites for hydroxylation is 3. The molecule has 0 fully saturated rings. The summed E-state index contributed by atoms with van der Waals surface area (Å²) in [5.41, 5.74) is 3.83. The molecule has 39 heavy (non-hydrogen) atoms. The summed E-state index contributed by atoms with van der Waals surface area (Å²) in [5.74, 6) is 1.33. The monoisotopic (exact) mass is 528 g/mol. The summed E-state index contributed by atoms with van der Waals surface area (Å²) >= 11 is 0. The van der Waals surface area contributed by atoms with E-state index >= 15 is 0 Å². The van der Waals surface area contributed by atoms with Crippen molar-refractivity contribution in [1.29, 1.82) is 5.26 Å². The third-order valence-electron chi connectivity index (χ3n) is 7.40. The van der Waals surface area contributed by atoms with Crippen molar-refractivity contribution < 1.29 is 17.9 Å². The molecule has 1 heterocycles. The fourth-order valence-electron chi connectivity index (χ4n) is 5.34. The van der Waals surface area contributed by atoms with E-state index in [1.54, 1.807) is 24.3 Å². The molecule has 1 aliphatic carbocycles. The Morgan fingerprint density at radius 2 is 1.64 bits per heavy atom. The van der Waals surface area contributed by atoms with Crippen LogP contribution < -0.4 is 10.3 Å². The predicted octanol–water partition coefficient (Wildman–Crippen LogP) is 7.66. The maximum absolute atomic E-state index is 13.9. The molecule has 4 aromatic rings. The van der Waals surface area contributed by atoms with E-state index < -0.39 is 22.9 Å². The van der Waals surface area contributed by atoms with E-state index in [0.717, 1.165) is 47.8 Å². The number of hydrogen-bond donors (Lipinski definition) is 0. The third-order valence-corrected chi connectivity index (χ3v) is 7.40. The highest BCUT2D eigenvalue weighted by atomic mass is 19.4. The van der Waals surface area contributed by atoms with Gasteiger partial charge in [0.05, 0.1) is 17.8 Å². The summed E-state index contributed by atoms with van der Waals surface area (Å²) in [4.78, 5) is 13.3. The number of benzene rings is 3. The number of rotatable bonds is 5. The van der Waals surface area contributed by atoms with Crippen molar-refractivity contribution in [1.82, 2.24) is 4.57 Å². The summed E-state index contributed by atoms with van der Waals surface area (Å²) in [7, 11) is 0. The average Bonchev–Trinajstić information content (AvgIpc) is 3.39. The molecule has 1 aromatic heterocycles. The minimum absolute atomic E-state index is 0.0286. The normalized spacial score (nSPS) is 12.7. The van der Waals surface area contributed by atoms with Crippen molar-refractivity contribution in [3.05, 3.63) is 116 Å².